The third-order valence-corrected chi connectivity index (χ3v) is 3.78. The van der Waals surface area contributed by atoms with E-state index in [1.165, 1.54) is 20.1 Å². The lowest BCUT2D eigenvalue weighted by Gasteiger charge is -2.33. The van der Waals surface area contributed by atoms with Crippen LogP contribution in [-0.2, 0) is 4.79 Å². The van der Waals surface area contributed by atoms with E-state index in [2.05, 4.69) is 0 Å². The van der Waals surface area contributed by atoms with Crippen molar-refractivity contribution in [2.24, 2.45) is 5.92 Å². The second-order valence-electron chi connectivity index (χ2n) is 5.13. The molecule has 0 bridgehead atoms. The molecule has 1 fully saturated rings. The second kappa shape index (κ2) is 6.07. The van der Waals surface area contributed by atoms with Gasteiger partial charge in [-0.3, -0.25) is 14.9 Å². The number of ketones is 1. The van der Waals surface area contributed by atoms with Crippen molar-refractivity contribution in [3.63, 3.8) is 0 Å². The standard InChI is InChI=1S/C14H17FN2O4/c1-9(18)10-4-3-5-16(8-10)12-7-14(21-2)13(17(19)20)6-11(12)15/h6-7,10H,3-5,8H2,1-2H3. The molecule has 2 rings (SSSR count). The number of nitro groups is 1. The Labute approximate surface area is 121 Å². The number of ether oxygens (including phenoxy) is 1. The third kappa shape index (κ3) is 3.12. The van der Waals surface area contributed by atoms with E-state index in [9.17, 15) is 19.3 Å². The summed E-state index contributed by atoms with van der Waals surface area (Å²) in [5.74, 6) is -0.707. The van der Waals surface area contributed by atoms with E-state index in [-0.39, 0.29) is 23.1 Å². The highest BCUT2D eigenvalue weighted by Crippen LogP contribution is 2.35. The number of rotatable bonds is 4. The number of benzene rings is 1. The molecule has 1 aromatic rings. The Kier molecular flexibility index (Phi) is 4.40. The second-order valence-corrected chi connectivity index (χ2v) is 5.13. The van der Waals surface area contributed by atoms with E-state index in [1.54, 1.807) is 4.90 Å². The summed E-state index contributed by atoms with van der Waals surface area (Å²) in [5.41, 5.74) is -0.165. The Morgan fingerprint density at radius 3 is 2.81 bits per heavy atom. The van der Waals surface area contributed by atoms with E-state index >= 15 is 0 Å². The highest BCUT2D eigenvalue weighted by atomic mass is 19.1. The fourth-order valence-corrected chi connectivity index (χ4v) is 2.61. The zero-order valence-electron chi connectivity index (χ0n) is 12.0. The van der Waals surface area contributed by atoms with E-state index in [0.29, 0.717) is 13.1 Å². The summed E-state index contributed by atoms with van der Waals surface area (Å²) in [4.78, 5) is 23.4. The molecule has 1 aliphatic rings. The van der Waals surface area contributed by atoms with Gasteiger partial charge in [0, 0.05) is 25.1 Å². The predicted molar refractivity (Wildman–Crippen MR) is 75.2 cm³/mol. The lowest BCUT2D eigenvalue weighted by atomic mass is 9.94. The van der Waals surface area contributed by atoms with Crippen LogP contribution in [0, 0.1) is 21.8 Å². The summed E-state index contributed by atoms with van der Waals surface area (Å²) in [6, 6.07) is 2.20. The molecule has 1 unspecified atom stereocenters. The van der Waals surface area contributed by atoms with Crippen LogP contribution in [0.15, 0.2) is 12.1 Å². The number of anilines is 1. The molecule has 0 amide bonds. The van der Waals surface area contributed by atoms with Crippen LogP contribution in [0.25, 0.3) is 0 Å². The molecule has 0 aliphatic carbocycles. The van der Waals surface area contributed by atoms with Crippen molar-refractivity contribution in [3.8, 4) is 5.75 Å². The minimum atomic E-state index is -0.680. The number of nitrogens with zero attached hydrogens (tertiary/aromatic N) is 2. The maximum Gasteiger partial charge on any atom is 0.313 e. The van der Waals surface area contributed by atoms with E-state index in [1.807, 2.05) is 0 Å². The number of Topliss-reactive ketones (excluding diaryl/α,β-unsaturated/α-hetero) is 1. The Morgan fingerprint density at radius 1 is 1.52 bits per heavy atom. The first-order valence-corrected chi connectivity index (χ1v) is 6.71. The molecule has 1 aromatic carbocycles. The lowest BCUT2D eigenvalue weighted by Crippen LogP contribution is -2.38. The average Bonchev–Trinajstić information content (AvgIpc) is 2.46. The maximum atomic E-state index is 14.2. The quantitative estimate of drug-likeness (QED) is 0.630. The molecular formula is C14H17FN2O4. The number of hydrogen-bond donors (Lipinski definition) is 0. The van der Waals surface area contributed by atoms with Crippen molar-refractivity contribution in [3.05, 3.63) is 28.1 Å². The van der Waals surface area contributed by atoms with Gasteiger partial charge in [-0.1, -0.05) is 0 Å². The van der Waals surface area contributed by atoms with Crippen molar-refractivity contribution < 1.29 is 18.8 Å². The van der Waals surface area contributed by atoms with Gasteiger partial charge in [0.2, 0.25) is 0 Å². The smallest absolute Gasteiger partial charge is 0.313 e. The minimum Gasteiger partial charge on any atom is -0.490 e. The van der Waals surface area contributed by atoms with Gasteiger partial charge in [-0.2, -0.15) is 0 Å². The molecule has 1 aliphatic heterocycles. The van der Waals surface area contributed by atoms with E-state index in [0.717, 1.165) is 18.9 Å². The molecule has 6 nitrogen and oxygen atoms in total. The summed E-state index contributed by atoms with van der Waals surface area (Å²) in [7, 11) is 1.30. The monoisotopic (exact) mass is 296 g/mol. The van der Waals surface area contributed by atoms with Crippen LogP contribution in [0.1, 0.15) is 19.8 Å². The number of carbonyl (C=O) groups excluding carboxylic acids is 1. The molecule has 0 aromatic heterocycles. The molecule has 0 spiro atoms. The Balaban J connectivity index is 2.35. The van der Waals surface area contributed by atoms with Crippen molar-refractivity contribution in [1.29, 1.82) is 0 Å². The molecule has 1 atom stereocenters. The fraction of sp³-hybridized carbons (Fsp3) is 0.500. The van der Waals surface area contributed by atoms with Gasteiger partial charge >= 0.3 is 5.69 Å². The molecule has 7 heteroatoms. The number of piperidine rings is 1. The third-order valence-electron chi connectivity index (χ3n) is 3.78. The molecule has 1 saturated heterocycles. The Bertz CT molecular complexity index is 576. The van der Waals surface area contributed by atoms with Gasteiger partial charge in [0.05, 0.1) is 23.8 Å². The van der Waals surface area contributed by atoms with Crippen LogP contribution in [-0.4, -0.2) is 30.9 Å². The molecule has 0 N–H and O–H groups in total. The summed E-state index contributed by atoms with van der Waals surface area (Å²) < 4.78 is 19.1. The summed E-state index contributed by atoms with van der Waals surface area (Å²) in [5, 5.41) is 10.9. The van der Waals surface area contributed by atoms with Gasteiger partial charge in [0.25, 0.3) is 0 Å². The van der Waals surface area contributed by atoms with Gasteiger partial charge in [-0.25, -0.2) is 4.39 Å². The number of carbonyl (C=O) groups is 1. The SMILES string of the molecule is COc1cc(N2CCCC(C(C)=O)C2)c(F)cc1[N+](=O)[O-]. The van der Waals surface area contributed by atoms with Crippen LogP contribution in [0.5, 0.6) is 5.75 Å². The molecule has 114 valence electrons. The first-order chi connectivity index (χ1) is 9.93. The van der Waals surface area contributed by atoms with E-state index in [4.69, 9.17) is 4.74 Å². The fourth-order valence-electron chi connectivity index (χ4n) is 2.61. The van der Waals surface area contributed by atoms with Gasteiger partial charge < -0.3 is 9.64 Å². The molecular weight excluding hydrogens is 279 g/mol. The van der Waals surface area contributed by atoms with Gasteiger partial charge in [0.15, 0.2) is 11.6 Å². The van der Waals surface area contributed by atoms with Crippen molar-refractivity contribution in [1.82, 2.24) is 0 Å². The van der Waals surface area contributed by atoms with E-state index < -0.39 is 16.4 Å². The minimum absolute atomic E-state index is 0.0151. The normalized spacial score (nSPS) is 18.4. The van der Waals surface area contributed by atoms with Crippen molar-refractivity contribution in [2.45, 2.75) is 19.8 Å². The average molecular weight is 296 g/mol. The predicted octanol–water partition coefficient (Wildman–Crippen LogP) is 2.55. The molecule has 21 heavy (non-hydrogen) atoms. The molecule has 0 radical (unpaired) electrons. The first kappa shape index (κ1) is 15.2. The largest absolute Gasteiger partial charge is 0.490 e. The van der Waals surface area contributed by atoms with Crippen molar-refractivity contribution in [2.75, 3.05) is 25.1 Å². The Hall–Kier alpha value is -2.18. The van der Waals surface area contributed by atoms with Gasteiger partial charge in [-0.15, -0.1) is 0 Å². The van der Waals surface area contributed by atoms with Crippen LogP contribution in [0.2, 0.25) is 0 Å². The van der Waals surface area contributed by atoms with Crippen LogP contribution < -0.4 is 9.64 Å². The van der Waals surface area contributed by atoms with Crippen molar-refractivity contribution >= 4 is 17.2 Å². The highest BCUT2D eigenvalue weighted by Gasteiger charge is 2.27. The van der Waals surface area contributed by atoms with Gasteiger partial charge in [0.1, 0.15) is 5.78 Å². The van der Waals surface area contributed by atoms with Crippen LogP contribution >= 0.6 is 0 Å². The number of methoxy groups -OCH3 is 1. The number of nitro benzene ring substituents is 1. The topological polar surface area (TPSA) is 72.7 Å². The van der Waals surface area contributed by atoms with Crippen LogP contribution in [0.3, 0.4) is 0 Å². The highest BCUT2D eigenvalue weighted by molar-refractivity contribution is 5.79. The first-order valence-electron chi connectivity index (χ1n) is 6.71. The number of halogens is 1. The summed E-state index contributed by atoms with van der Waals surface area (Å²) in [6.07, 6.45) is 1.57. The lowest BCUT2D eigenvalue weighted by molar-refractivity contribution is -0.385. The maximum absolute atomic E-state index is 14.2. The van der Waals surface area contributed by atoms with Crippen LogP contribution in [0.4, 0.5) is 15.8 Å². The zero-order chi connectivity index (χ0) is 15.6. The molecule has 1 heterocycles. The summed E-state index contributed by atoms with van der Waals surface area (Å²) in [6.45, 7) is 2.57. The Morgan fingerprint density at radius 2 is 2.24 bits per heavy atom. The number of hydrogen-bond acceptors (Lipinski definition) is 5. The zero-order valence-corrected chi connectivity index (χ0v) is 12.0. The summed E-state index contributed by atoms with van der Waals surface area (Å²) >= 11 is 0. The van der Waals surface area contributed by atoms with Gasteiger partial charge in [-0.05, 0) is 19.8 Å². The molecule has 0 saturated carbocycles.